The molecule has 1 aliphatic rings. The molecule has 5 rings (SSSR count). The first kappa shape index (κ1) is 22.4. The third-order valence-corrected chi connectivity index (χ3v) is 6.35. The van der Waals surface area contributed by atoms with E-state index in [1.54, 1.807) is 13.1 Å². The molecule has 1 saturated heterocycles. The van der Waals surface area contributed by atoms with E-state index in [0.29, 0.717) is 28.6 Å². The minimum Gasteiger partial charge on any atom is -0.314 e. The highest BCUT2D eigenvalue weighted by Crippen LogP contribution is 2.28. The maximum atomic E-state index is 12.4. The Kier molecular flexibility index (Phi) is 5.97. The fourth-order valence-corrected chi connectivity index (χ4v) is 4.45. The lowest BCUT2D eigenvalue weighted by Gasteiger charge is -2.27. The Morgan fingerprint density at radius 3 is 2.59 bits per heavy atom. The lowest BCUT2D eigenvalue weighted by molar-refractivity contribution is 0.101. The molecule has 9 nitrogen and oxygen atoms in total. The zero-order valence-electron chi connectivity index (χ0n) is 20.1. The molecule has 2 N–H and O–H groups in total. The average molecular weight is 459 g/mol. The highest BCUT2D eigenvalue weighted by molar-refractivity contribution is 6.05. The lowest BCUT2D eigenvalue weighted by atomic mass is 10.0. The fraction of sp³-hybridized carbons (Fsp3) is 0.400. The maximum absolute atomic E-state index is 12.4. The second kappa shape index (κ2) is 9.08. The molecule has 0 atom stereocenters. The average Bonchev–Trinajstić information content (AvgIpc) is 3.26. The van der Waals surface area contributed by atoms with Crippen LogP contribution < -0.4 is 10.6 Å². The summed E-state index contributed by atoms with van der Waals surface area (Å²) < 4.78 is 1.91. The van der Waals surface area contributed by atoms with Crippen LogP contribution in [0.15, 0.2) is 30.7 Å². The minimum atomic E-state index is -0.0161. The zero-order chi connectivity index (χ0) is 23.8. The van der Waals surface area contributed by atoms with Gasteiger partial charge in [0, 0.05) is 56.7 Å². The molecule has 1 fully saturated rings. The molecular formula is C25H30N8O. The Bertz CT molecular complexity index is 1350. The Morgan fingerprint density at radius 1 is 1.12 bits per heavy atom. The first-order chi connectivity index (χ1) is 16.4. The standard InChI is InChI=1S/C25H30N8O/c1-15(2)20-14-33-23-19(16(3)22(17(4)34)24(33)29-20)12-28-25(31-23)30-21-6-5-18(11-27-21)13-32-9-7-26-8-10-32/h5-6,11-12,14-15,26H,7-10,13H2,1-4H3,(H,27,28,30,31). The summed E-state index contributed by atoms with van der Waals surface area (Å²) in [4.78, 5) is 33.5. The SMILES string of the molecule is CC(=O)c1c(C)c2cnc(Nc3ccc(CN4CCNCC4)cn3)nc2n2cc(C(C)C)nc12. The quantitative estimate of drug-likeness (QED) is 0.424. The summed E-state index contributed by atoms with van der Waals surface area (Å²) in [6.07, 6.45) is 5.63. The molecule has 4 aromatic heterocycles. The lowest BCUT2D eigenvalue weighted by Crippen LogP contribution is -2.42. The molecule has 0 radical (unpaired) electrons. The van der Waals surface area contributed by atoms with Gasteiger partial charge in [0.1, 0.15) is 11.5 Å². The van der Waals surface area contributed by atoms with Crippen molar-refractivity contribution < 1.29 is 4.79 Å². The van der Waals surface area contributed by atoms with Crippen molar-refractivity contribution >= 4 is 34.2 Å². The summed E-state index contributed by atoms with van der Waals surface area (Å²) >= 11 is 0. The summed E-state index contributed by atoms with van der Waals surface area (Å²) in [7, 11) is 0. The van der Waals surface area contributed by atoms with Gasteiger partial charge in [0.25, 0.3) is 0 Å². The Balaban J connectivity index is 1.47. The van der Waals surface area contributed by atoms with Crippen LogP contribution in [-0.2, 0) is 6.54 Å². The Labute approximate surface area is 198 Å². The molecule has 0 aromatic carbocycles. The number of Topliss-reactive ketones (excluding diaryl/α,β-unsaturated/α-hetero) is 1. The van der Waals surface area contributed by atoms with Gasteiger partial charge in [0.2, 0.25) is 5.95 Å². The third-order valence-electron chi connectivity index (χ3n) is 6.35. The number of piperazine rings is 1. The number of pyridine rings is 2. The van der Waals surface area contributed by atoms with Gasteiger partial charge in [-0.2, -0.15) is 4.98 Å². The number of hydrogen-bond donors (Lipinski definition) is 2. The molecule has 9 heteroatoms. The Hall–Kier alpha value is -3.43. The van der Waals surface area contributed by atoms with Crippen LogP contribution in [-0.4, -0.2) is 61.2 Å². The minimum absolute atomic E-state index is 0.0161. The number of ketones is 1. The van der Waals surface area contributed by atoms with Gasteiger partial charge in [-0.15, -0.1) is 0 Å². The number of nitrogens with zero attached hydrogens (tertiary/aromatic N) is 6. The number of hydrogen-bond acceptors (Lipinski definition) is 8. The number of aryl methyl sites for hydroxylation is 1. The molecule has 5 heterocycles. The van der Waals surface area contributed by atoms with Crippen molar-refractivity contribution in [1.29, 1.82) is 0 Å². The van der Waals surface area contributed by atoms with Gasteiger partial charge in [0.15, 0.2) is 11.4 Å². The third kappa shape index (κ3) is 4.24. The maximum Gasteiger partial charge on any atom is 0.230 e. The van der Waals surface area contributed by atoms with E-state index < -0.39 is 0 Å². The highest BCUT2D eigenvalue weighted by atomic mass is 16.1. The summed E-state index contributed by atoms with van der Waals surface area (Å²) in [5.41, 5.74) is 4.92. The number of rotatable bonds is 6. The van der Waals surface area contributed by atoms with Gasteiger partial charge in [-0.05, 0) is 37.0 Å². The summed E-state index contributed by atoms with van der Waals surface area (Å²) in [5.74, 6) is 1.35. The molecule has 34 heavy (non-hydrogen) atoms. The number of anilines is 2. The second-order valence-corrected chi connectivity index (χ2v) is 9.20. The van der Waals surface area contributed by atoms with E-state index in [-0.39, 0.29) is 11.7 Å². The topological polar surface area (TPSA) is 100 Å². The molecule has 0 aliphatic carbocycles. The van der Waals surface area contributed by atoms with E-state index in [9.17, 15) is 4.79 Å². The summed E-state index contributed by atoms with van der Waals surface area (Å²) in [5, 5.41) is 7.43. The van der Waals surface area contributed by atoms with Crippen molar-refractivity contribution in [3.05, 3.63) is 53.1 Å². The van der Waals surface area contributed by atoms with Crippen molar-refractivity contribution in [1.82, 2.24) is 34.6 Å². The highest BCUT2D eigenvalue weighted by Gasteiger charge is 2.20. The predicted octanol–water partition coefficient (Wildman–Crippen LogP) is 3.46. The van der Waals surface area contributed by atoms with Crippen molar-refractivity contribution in [2.24, 2.45) is 0 Å². The number of carbonyl (C=O) groups is 1. The molecule has 176 valence electrons. The molecular weight excluding hydrogens is 428 g/mol. The smallest absolute Gasteiger partial charge is 0.230 e. The van der Waals surface area contributed by atoms with Crippen molar-refractivity contribution in [2.75, 3.05) is 31.5 Å². The van der Waals surface area contributed by atoms with Crippen LogP contribution in [0.5, 0.6) is 0 Å². The largest absolute Gasteiger partial charge is 0.314 e. The van der Waals surface area contributed by atoms with Crippen LogP contribution in [0, 0.1) is 6.92 Å². The molecule has 0 bridgehead atoms. The number of imidazole rings is 1. The van der Waals surface area contributed by atoms with Gasteiger partial charge >= 0.3 is 0 Å². The number of fused-ring (bicyclic) bond motifs is 3. The number of carbonyl (C=O) groups excluding carboxylic acids is 1. The van der Waals surface area contributed by atoms with Gasteiger partial charge in [-0.1, -0.05) is 19.9 Å². The molecule has 0 unspecified atom stereocenters. The Morgan fingerprint density at radius 2 is 1.91 bits per heavy atom. The number of aromatic nitrogens is 5. The molecule has 0 spiro atoms. The molecule has 0 saturated carbocycles. The number of nitrogens with one attached hydrogen (secondary N) is 2. The molecule has 1 aliphatic heterocycles. The van der Waals surface area contributed by atoms with Crippen LogP contribution in [0.3, 0.4) is 0 Å². The first-order valence-electron chi connectivity index (χ1n) is 11.7. The fourth-order valence-electron chi connectivity index (χ4n) is 4.45. The van der Waals surface area contributed by atoms with E-state index in [1.165, 1.54) is 5.56 Å². The van der Waals surface area contributed by atoms with Crippen LogP contribution >= 0.6 is 0 Å². The van der Waals surface area contributed by atoms with E-state index in [4.69, 9.17) is 9.97 Å². The zero-order valence-corrected chi connectivity index (χ0v) is 20.1. The van der Waals surface area contributed by atoms with Gasteiger partial charge in [0.05, 0.1) is 11.3 Å². The van der Waals surface area contributed by atoms with Crippen molar-refractivity contribution in [2.45, 2.75) is 40.2 Å². The van der Waals surface area contributed by atoms with Crippen LogP contribution in [0.4, 0.5) is 11.8 Å². The van der Waals surface area contributed by atoms with Crippen molar-refractivity contribution in [3.8, 4) is 0 Å². The van der Waals surface area contributed by atoms with Crippen LogP contribution in [0.25, 0.3) is 16.7 Å². The molecule has 4 aromatic rings. The van der Waals surface area contributed by atoms with Crippen LogP contribution in [0.1, 0.15) is 53.9 Å². The normalized spacial score (nSPS) is 14.9. The van der Waals surface area contributed by atoms with Gasteiger partial charge in [-0.25, -0.2) is 15.0 Å². The van der Waals surface area contributed by atoms with E-state index in [0.717, 1.165) is 49.4 Å². The molecule has 0 amide bonds. The van der Waals surface area contributed by atoms with Gasteiger partial charge < -0.3 is 10.6 Å². The predicted molar refractivity (Wildman–Crippen MR) is 133 cm³/mol. The summed E-state index contributed by atoms with van der Waals surface area (Å²) in [6.45, 7) is 12.7. The van der Waals surface area contributed by atoms with E-state index >= 15 is 0 Å². The van der Waals surface area contributed by atoms with Crippen LogP contribution in [0.2, 0.25) is 0 Å². The van der Waals surface area contributed by atoms with Crippen molar-refractivity contribution in [3.63, 3.8) is 0 Å². The van der Waals surface area contributed by atoms with E-state index in [2.05, 4.69) is 45.4 Å². The monoisotopic (exact) mass is 458 g/mol. The first-order valence-corrected chi connectivity index (χ1v) is 11.7. The summed E-state index contributed by atoms with van der Waals surface area (Å²) in [6, 6.07) is 4.05. The van der Waals surface area contributed by atoms with Gasteiger partial charge in [-0.3, -0.25) is 14.1 Å². The second-order valence-electron chi connectivity index (χ2n) is 9.20. The van der Waals surface area contributed by atoms with E-state index in [1.807, 2.05) is 29.8 Å².